The molecule has 0 aliphatic carbocycles. The summed E-state index contributed by atoms with van der Waals surface area (Å²) in [5, 5.41) is 4.49. The first-order valence-corrected chi connectivity index (χ1v) is 6.99. The summed E-state index contributed by atoms with van der Waals surface area (Å²) in [5.41, 5.74) is 9.03. The molecule has 2 heterocycles. The monoisotopic (exact) mass is 289 g/mol. The van der Waals surface area contributed by atoms with E-state index in [1.807, 2.05) is 32.2 Å². The van der Waals surface area contributed by atoms with E-state index in [1.165, 1.54) is 0 Å². The minimum Gasteiger partial charge on any atom is -0.454 e. The maximum absolute atomic E-state index is 6.17. The average Bonchev–Trinajstić information content (AvgIpc) is 3.04. The van der Waals surface area contributed by atoms with Gasteiger partial charge in [-0.3, -0.25) is 4.68 Å². The highest BCUT2D eigenvalue weighted by molar-refractivity contribution is 5.78. The molecule has 0 saturated carbocycles. The van der Waals surface area contributed by atoms with Crippen molar-refractivity contribution in [2.24, 2.45) is 7.05 Å². The number of rotatable bonds is 5. The SMILES string of the molecule is CCOCCc1nn(C)c(N)c1-c1ccc2c(c1)OCO2. The summed E-state index contributed by atoms with van der Waals surface area (Å²) in [6, 6.07) is 5.82. The fourth-order valence-electron chi connectivity index (χ4n) is 2.45. The number of nitrogens with zero attached hydrogens (tertiary/aromatic N) is 2. The molecule has 0 atom stereocenters. The molecule has 0 amide bonds. The molecule has 0 spiro atoms. The van der Waals surface area contributed by atoms with Crippen LogP contribution in [0.5, 0.6) is 11.5 Å². The topological polar surface area (TPSA) is 71.5 Å². The summed E-state index contributed by atoms with van der Waals surface area (Å²) in [7, 11) is 1.84. The zero-order chi connectivity index (χ0) is 14.8. The summed E-state index contributed by atoms with van der Waals surface area (Å²) in [5.74, 6) is 2.14. The van der Waals surface area contributed by atoms with Crippen LogP contribution in [0, 0.1) is 0 Å². The van der Waals surface area contributed by atoms with E-state index in [1.54, 1.807) is 4.68 Å². The molecule has 1 aromatic heterocycles. The molecular weight excluding hydrogens is 270 g/mol. The number of hydrogen-bond donors (Lipinski definition) is 1. The van der Waals surface area contributed by atoms with Gasteiger partial charge in [-0.25, -0.2) is 0 Å². The minimum absolute atomic E-state index is 0.262. The van der Waals surface area contributed by atoms with Gasteiger partial charge in [0.2, 0.25) is 6.79 Å². The third-order valence-corrected chi connectivity index (χ3v) is 3.51. The molecule has 0 fully saturated rings. The first kappa shape index (κ1) is 13.8. The summed E-state index contributed by atoms with van der Waals surface area (Å²) < 4.78 is 17.9. The predicted molar refractivity (Wildman–Crippen MR) is 79.4 cm³/mol. The number of benzene rings is 1. The van der Waals surface area contributed by atoms with Crippen LogP contribution in [-0.4, -0.2) is 29.8 Å². The molecule has 0 unspecified atom stereocenters. The van der Waals surface area contributed by atoms with E-state index in [-0.39, 0.29) is 6.79 Å². The fourth-order valence-corrected chi connectivity index (χ4v) is 2.45. The molecule has 0 radical (unpaired) electrons. The van der Waals surface area contributed by atoms with Gasteiger partial charge in [0.15, 0.2) is 11.5 Å². The number of fused-ring (bicyclic) bond motifs is 1. The Morgan fingerprint density at radius 1 is 1.33 bits per heavy atom. The lowest BCUT2D eigenvalue weighted by atomic mass is 10.0. The van der Waals surface area contributed by atoms with Crippen LogP contribution in [0.15, 0.2) is 18.2 Å². The standard InChI is InChI=1S/C15H19N3O3/c1-3-19-7-6-11-14(15(16)18(2)17-11)10-4-5-12-13(8-10)21-9-20-12/h4-5,8H,3,6-7,9,16H2,1-2H3. The Morgan fingerprint density at radius 3 is 2.95 bits per heavy atom. The summed E-state index contributed by atoms with van der Waals surface area (Å²) in [6.45, 7) is 3.57. The maximum Gasteiger partial charge on any atom is 0.231 e. The van der Waals surface area contributed by atoms with Gasteiger partial charge >= 0.3 is 0 Å². The number of anilines is 1. The van der Waals surface area contributed by atoms with Gasteiger partial charge in [-0.05, 0) is 24.6 Å². The third-order valence-electron chi connectivity index (χ3n) is 3.51. The zero-order valence-corrected chi connectivity index (χ0v) is 12.3. The van der Waals surface area contributed by atoms with Crippen molar-refractivity contribution in [1.82, 2.24) is 9.78 Å². The molecular formula is C15H19N3O3. The first-order valence-electron chi connectivity index (χ1n) is 6.99. The fraction of sp³-hybridized carbons (Fsp3) is 0.400. The maximum atomic E-state index is 6.17. The molecule has 1 aliphatic heterocycles. The molecule has 6 heteroatoms. The highest BCUT2D eigenvalue weighted by Gasteiger charge is 2.19. The Hall–Kier alpha value is -2.21. The predicted octanol–water partition coefficient (Wildman–Crippen LogP) is 1.98. The molecule has 21 heavy (non-hydrogen) atoms. The van der Waals surface area contributed by atoms with Gasteiger partial charge in [0, 0.05) is 25.6 Å². The molecule has 2 aromatic rings. The van der Waals surface area contributed by atoms with Gasteiger partial charge in [0.1, 0.15) is 5.82 Å². The van der Waals surface area contributed by atoms with E-state index in [0.29, 0.717) is 19.0 Å². The van der Waals surface area contributed by atoms with Crippen molar-refractivity contribution >= 4 is 5.82 Å². The van der Waals surface area contributed by atoms with Crippen LogP contribution < -0.4 is 15.2 Å². The zero-order valence-electron chi connectivity index (χ0n) is 12.3. The summed E-state index contributed by atoms with van der Waals surface area (Å²) in [6.07, 6.45) is 0.725. The lowest BCUT2D eigenvalue weighted by molar-refractivity contribution is 0.150. The lowest BCUT2D eigenvalue weighted by Crippen LogP contribution is -2.00. The Kier molecular flexibility index (Phi) is 3.70. The molecule has 1 aliphatic rings. The Morgan fingerprint density at radius 2 is 2.14 bits per heavy atom. The van der Waals surface area contributed by atoms with Crippen LogP contribution in [0.4, 0.5) is 5.82 Å². The van der Waals surface area contributed by atoms with Crippen molar-refractivity contribution in [2.75, 3.05) is 25.7 Å². The van der Waals surface area contributed by atoms with Crippen molar-refractivity contribution in [3.63, 3.8) is 0 Å². The van der Waals surface area contributed by atoms with Gasteiger partial charge in [-0.15, -0.1) is 0 Å². The van der Waals surface area contributed by atoms with Gasteiger partial charge in [-0.2, -0.15) is 5.10 Å². The van der Waals surface area contributed by atoms with E-state index in [4.69, 9.17) is 19.9 Å². The van der Waals surface area contributed by atoms with Gasteiger partial charge in [0.25, 0.3) is 0 Å². The third kappa shape index (κ3) is 2.54. The summed E-state index contributed by atoms with van der Waals surface area (Å²) >= 11 is 0. The second kappa shape index (κ2) is 5.65. The van der Waals surface area contributed by atoms with Crippen molar-refractivity contribution in [2.45, 2.75) is 13.3 Å². The summed E-state index contributed by atoms with van der Waals surface area (Å²) in [4.78, 5) is 0. The van der Waals surface area contributed by atoms with Gasteiger partial charge in [-0.1, -0.05) is 6.07 Å². The van der Waals surface area contributed by atoms with E-state index in [9.17, 15) is 0 Å². The van der Waals surface area contributed by atoms with E-state index in [2.05, 4.69) is 5.10 Å². The Bertz CT molecular complexity index is 652. The lowest BCUT2D eigenvalue weighted by Gasteiger charge is -2.06. The number of nitrogen functional groups attached to an aromatic ring is 1. The first-order chi connectivity index (χ1) is 10.2. The Balaban J connectivity index is 1.96. The molecule has 112 valence electrons. The van der Waals surface area contributed by atoms with Crippen molar-refractivity contribution in [1.29, 1.82) is 0 Å². The van der Waals surface area contributed by atoms with E-state index >= 15 is 0 Å². The average molecular weight is 289 g/mol. The second-order valence-corrected chi connectivity index (χ2v) is 4.85. The van der Waals surface area contributed by atoms with E-state index < -0.39 is 0 Å². The number of aryl methyl sites for hydroxylation is 1. The molecule has 2 N–H and O–H groups in total. The number of ether oxygens (including phenoxy) is 3. The number of aromatic nitrogens is 2. The minimum atomic E-state index is 0.262. The van der Waals surface area contributed by atoms with E-state index in [0.717, 1.165) is 34.7 Å². The smallest absolute Gasteiger partial charge is 0.231 e. The number of nitrogens with two attached hydrogens (primary N) is 1. The molecule has 1 aromatic carbocycles. The van der Waals surface area contributed by atoms with Crippen LogP contribution in [0.3, 0.4) is 0 Å². The Labute approximate surface area is 123 Å². The van der Waals surface area contributed by atoms with Crippen LogP contribution in [-0.2, 0) is 18.2 Å². The number of hydrogen-bond acceptors (Lipinski definition) is 5. The van der Waals surface area contributed by atoms with Crippen LogP contribution in [0.25, 0.3) is 11.1 Å². The van der Waals surface area contributed by atoms with Gasteiger partial charge in [0.05, 0.1) is 12.3 Å². The van der Waals surface area contributed by atoms with Crippen LogP contribution in [0.1, 0.15) is 12.6 Å². The molecule has 0 bridgehead atoms. The largest absolute Gasteiger partial charge is 0.454 e. The highest BCUT2D eigenvalue weighted by atomic mass is 16.7. The van der Waals surface area contributed by atoms with Crippen LogP contribution in [0.2, 0.25) is 0 Å². The second-order valence-electron chi connectivity index (χ2n) is 4.85. The molecule has 3 rings (SSSR count). The van der Waals surface area contributed by atoms with Crippen molar-refractivity contribution in [3.8, 4) is 22.6 Å². The molecule has 6 nitrogen and oxygen atoms in total. The van der Waals surface area contributed by atoms with Gasteiger partial charge < -0.3 is 19.9 Å². The van der Waals surface area contributed by atoms with Crippen molar-refractivity contribution < 1.29 is 14.2 Å². The van der Waals surface area contributed by atoms with Crippen molar-refractivity contribution in [3.05, 3.63) is 23.9 Å². The van der Waals surface area contributed by atoms with Crippen LogP contribution >= 0.6 is 0 Å². The highest BCUT2D eigenvalue weighted by Crippen LogP contribution is 2.38. The molecule has 0 saturated heterocycles. The normalized spacial score (nSPS) is 12.9. The quantitative estimate of drug-likeness (QED) is 0.852.